The molecule has 3 aromatic rings. The number of hydrogen-bond acceptors (Lipinski definition) is 4. The lowest BCUT2D eigenvalue weighted by atomic mass is 9.98. The molecule has 0 atom stereocenters. The molecular weight excluding hydrogens is 542 g/mol. The molecule has 1 N–H and O–H groups in total. The molecule has 3 amide bonds. The first-order valence-corrected chi connectivity index (χ1v) is 12.2. The SMILES string of the molecule is C=C1C=NN(c2cc(Cl)c(Oc3ccc4c(c3)CCN(Cc3ccc(F)c(Cl)c3)C4=O)c(Cl)c2)C(=O)N1. The van der Waals surface area contributed by atoms with Gasteiger partial charge in [-0.15, -0.1) is 0 Å². The number of carbonyl (C=O) groups excluding carboxylic acids is 2. The standard InChI is InChI=1S/C26H18Cl3FN4O3/c1-14-12-31-34(26(36)32-14)17-10-21(28)24(22(29)11-17)37-18-3-4-19-16(9-18)6-7-33(25(19)35)13-15-2-5-23(30)20(27)8-15/h2-5,8-12H,1,6-7,13H2,(H,32,36). The molecule has 2 aliphatic rings. The molecule has 0 aromatic heterocycles. The molecule has 2 aliphatic heterocycles. The third kappa shape index (κ3) is 5.13. The zero-order chi connectivity index (χ0) is 26.3. The van der Waals surface area contributed by atoms with Gasteiger partial charge in [-0.2, -0.15) is 10.1 Å². The Kier molecular flexibility index (Phi) is 6.81. The number of nitrogens with one attached hydrogen (secondary N) is 1. The molecule has 188 valence electrons. The molecular formula is C26H18Cl3FN4O3. The van der Waals surface area contributed by atoms with E-state index in [1.807, 2.05) is 0 Å². The number of rotatable bonds is 5. The summed E-state index contributed by atoms with van der Waals surface area (Å²) in [5.41, 5.74) is 2.83. The summed E-state index contributed by atoms with van der Waals surface area (Å²) in [6.45, 7) is 4.43. The molecule has 7 nitrogen and oxygen atoms in total. The first kappa shape index (κ1) is 25.1. The predicted octanol–water partition coefficient (Wildman–Crippen LogP) is 6.81. The Balaban J connectivity index is 1.33. The molecule has 5 rings (SSSR count). The molecule has 3 aromatic carbocycles. The van der Waals surface area contributed by atoms with Crippen molar-refractivity contribution < 1.29 is 18.7 Å². The van der Waals surface area contributed by atoms with E-state index in [4.69, 9.17) is 39.5 Å². The largest absolute Gasteiger partial charge is 0.454 e. The Labute approximate surface area is 226 Å². The highest BCUT2D eigenvalue weighted by Crippen LogP contribution is 2.40. The van der Waals surface area contributed by atoms with E-state index in [2.05, 4.69) is 17.0 Å². The third-order valence-electron chi connectivity index (χ3n) is 5.84. The lowest BCUT2D eigenvalue weighted by molar-refractivity contribution is 0.0727. The average Bonchev–Trinajstić information content (AvgIpc) is 2.85. The molecule has 0 aliphatic carbocycles. The Morgan fingerprint density at radius 1 is 1.03 bits per heavy atom. The van der Waals surface area contributed by atoms with E-state index in [9.17, 15) is 14.0 Å². The number of fused-ring (bicyclic) bond motifs is 1. The minimum Gasteiger partial charge on any atom is -0.454 e. The van der Waals surface area contributed by atoms with Crippen molar-refractivity contribution in [3.05, 3.63) is 98.4 Å². The lowest BCUT2D eigenvalue weighted by Gasteiger charge is -2.29. The molecule has 2 heterocycles. The molecule has 0 spiro atoms. The van der Waals surface area contributed by atoms with Gasteiger partial charge in [0.2, 0.25) is 0 Å². The van der Waals surface area contributed by atoms with E-state index in [1.165, 1.54) is 30.5 Å². The molecule has 0 saturated heterocycles. The van der Waals surface area contributed by atoms with E-state index in [1.54, 1.807) is 29.2 Å². The summed E-state index contributed by atoms with van der Waals surface area (Å²) in [7, 11) is 0. The van der Waals surface area contributed by atoms with Crippen LogP contribution in [0.4, 0.5) is 14.9 Å². The monoisotopic (exact) mass is 558 g/mol. The number of amides is 3. The van der Waals surface area contributed by atoms with E-state index in [0.717, 1.165) is 16.1 Å². The predicted molar refractivity (Wildman–Crippen MR) is 141 cm³/mol. The van der Waals surface area contributed by atoms with Gasteiger partial charge in [0.05, 0.1) is 32.7 Å². The molecule has 11 heteroatoms. The zero-order valence-electron chi connectivity index (χ0n) is 19.1. The second-order valence-electron chi connectivity index (χ2n) is 8.40. The first-order valence-electron chi connectivity index (χ1n) is 11.1. The minimum atomic E-state index is -0.500. The fourth-order valence-corrected chi connectivity index (χ4v) is 4.81. The number of hydrogen-bond donors (Lipinski definition) is 1. The third-order valence-corrected chi connectivity index (χ3v) is 6.69. The van der Waals surface area contributed by atoms with Crippen LogP contribution in [0.3, 0.4) is 0 Å². The van der Waals surface area contributed by atoms with Crippen LogP contribution >= 0.6 is 34.8 Å². The van der Waals surface area contributed by atoms with Gasteiger partial charge in [-0.05, 0) is 60.0 Å². The molecule has 37 heavy (non-hydrogen) atoms. The number of urea groups is 1. The number of ether oxygens (including phenoxy) is 1. The maximum Gasteiger partial charge on any atom is 0.347 e. The molecule has 0 saturated carbocycles. The van der Waals surface area contributed by atoms with Crippen molar-refractivity contribution in [3.8, 4) is 11.5 Å². The summed E-state index contributed by atoms with van der Waals surface area (Å²) < 4.78 is 19.4. The van der Waals surface area contributed by atoms with Crippen LogP contribution in [0.1, 0.15) is 21.5 Å². The number of carbonyl (C=O) groups is 2. The van der Waals surface area contributed by atoms with Crippen LogP contribution in [0, 0.1) is 5.82 Å². The number of benzene rings is 3. The van der Waals surface area contributed by atoms with Crippen LogP contribution in [0.5, 0.6) is 11.5 Å². The maximum absolute atomic E-state index is 13.5. The highest BCUT2D eigenvalue weighted by atomic mass is 35.5. The Hall–Kier alpha value is -3.59. The number of allylic oxidation sites excluding steroid dienone is 1. The average molecular weight is 560 g/mol. The number of nitrogens with zero attached hydrogens (tertiary/aromatic N) is 3. The van der Waals surface area contributed by atoms with Gasteiger partial charge in [0.25, 0.3) is 5.91 Å². The minimum absolute atomic E-state index is 0.0207. The zero-order valence-corrected chi connectivity index (χ0v) is 21.4. The normalized spacial score (nSPS) is 15.1. The van der Waals surface area contributed by atoms with Gasteiger partial charge in [-0.1, -0.05) is 47.4 Å². The van der Waals surface area contributed by atoms with Gasteiger partial charge in [0.15, 0.2) is 5.75 Å². The lowest BCUT2D eigenvalue weighted by Crippen LogP contribution is -2.40. The van der Waals surface area contributed by atoms with Crippen LogP contribution in [0.25, 0.3) is 0 Å². The summed E-state index contributed by atoms with van der Waals surface area (Å²) >= 11 is 18.7. The van der Waals surface area contributed by atoms with E-state index < -0.39 is 11.8 Å². The summed E-state index contributed by atoms with van der Waals surface area (Å²) in [6, 6.07) is 12.1. The Morgan fingerprint density at radius 2 is 1.78 bits per heavy atom. The van der Waals surface area contributed by atoms with E-state index in [0.29, 0.717) is 42.2 Å². The van der Waals surface area contributed by atoms with Gasteiger partial charge >= 0.3 is 6.03 Å². The van der Waals surface area contributed by atoms with Crippen molar-refractivity contribution in [3.63, 3.8) is 0 Å². The summed E-state index contributed by atoms with van der Waals surface area (Å²) in [4.78, 5) is 26.9. The van der Waals surface area contributed by atoms with Gasteiger partial charge in [0, 0.05) is 18.7 Å². The number of anilines is 1. The Bertz CT molecular complexity index is 1470. The summed E-state index contributed by atoms with van der Waals surface area (Å²) in [5.74, 6) is 0.0123. The fraction of sp³-hybridized carbons (Fsp3) is 0.115. The van der Waals surface area contributed by atoms with E-state index >= 15 is 0 Å². The molecule has 0 fully saturated rings. The van der Waals surface area contributed by atoms with Crippen LogP contribution in [-0.4, -0.2) is 29.6 Å². The molecule has 0 unspecified atom stereocenters. The van der Waals surface area contributed by atoms with Crippen molar-refractivity contribution in [2.45, 2.75) is 13.0 Å². The summed E-state index contributed by atoms with van der Waals surface area (Å²) in [5, 5.41) is 8.05. The fourth-order valence-electron chi connectivity index (χ4n) is 4.06. The second-order valence-corrected chi connectivity index (χ2v) is 9.62. The van der Waals surface area contributed by atoms with Crippen molar-refractivity contribution in [2.24, 2.45) is 5.10 Å². The molecule has 0 bridgehead atoms. The molecule has 0 radical (unpaired) electrons. The van der Waals surface area contributed by atoms with Crippen LogP contribution < -0.4 is 15.1 Å². The number of hydrazone groups is 1. The number of halogens is 4. The quantitative estimate of drug-likeness (QED) is 0.373. The highest BCUT2D eigenvalue weighted by Gasteiger charge is 2.26. The van der Waals surface area contributed by atoms with Crippen LogP contribution in [-0.2, 0) is 13.0 Å². The smallest absolute Gasteiger partial charge is 0.347 e. The van der Waals surface area contributed by atoms with Crippen molar-refractivity contribution in [1.29, 1.82) is 0 Å². The van der Waals surface area contributed by atoms with Gasteiger partial charge < -0.3 is 15.0 Å². The Morgan fingerprint density at radius 3 is 2.49 bits per heavy atom. The van der Waals surface area contributed by atoms with Gasteiger partial charge in [-0.3, -0.25) is 4.79 Å². The first-order chi connectivity index (χ1) is 17.7. The topological polar surface area (TPSA) is 74.2 Å². The van der Waals surface area contributed by atoms with Crippen molar-refractivity contribution in [1.82, 2.24) is 10.2 Å². The van der Waals surface area contributed by atoms with Gasteiger partial charge in [0.1, 0.15) is 11.6 Å². The van der Waals surface area contributed by atoms with Crippen molar-refractivity contribution >= 4 is 58.6 Å². The van der Waals surface area contributed by atoms with Gasteiger partial charge in [-0.25, -0.2) is 9.18 Å². The highest BCUT2D eigenvalue weighted by molar-refractivity contribution is 6.37. The second kappa shape index (κ2) is 10.0. The van der Waals surface area contributed by atoms with E-state index in [-0.39, 0.29) is 26.7 Å². The van der Waals surface area contributed by atoms with Crippen LogP contribution in [0.2, 0.25) is 15.1 Å². The maximum atomic E-state index is 13.5. The van der Waals surface area contributed by atoms with Crippen molar-refractivity contribution in [2.75, 3.05) is 11.6 Å². The summed E-state index contributed by atoms with van der Waals surface area (Å²) in [6.07, 6.45) is 2.00. The van der Waals surface area contributed by atoms with Crippen LogP contribution in [0.15, 0.2) is 65.9 Å².